The normalized spacial score (nSPS) is 11.7. The highest BCUT2D eigenvalue weighted by molar-refractivity contribution is 6.01. The predicted molar refractivity (Wildman–Crippen MR) is 83.1 cm³/mol. The summed E-state index contributed by atoms with van der Waals surface area (Å²) >= 11 is 0. The maximum atomic E-state index is 12.1. The molecule has 2 aromatic carbocycles. The molecule has 22 heavy (non-hydrogen) atoms. The number of methoxy groups -OCH3 is 1. The van der Waals surface area contributed by atoms with Gasteiger partial charge in [0.25, 0.3) is 0 Å². The number of benzene rings is 2. The van der Waals surface area contributed by atoms with Gasteiger partial charge in [-0.05, 0) is 29.8 Å². The van der Waals surface area contributed by atoms with Gasteiger partial charge >= 0.3 is 0 Å². The van der Waals surface area contributed by atoms with Crippen LogP contribution in [0.4, 0.5) is 0 Å². The van der Waals surface area contributed by atoms with Crippen LogP contribution in [0, 0.1) is 0 Å². The van der Waals surface area contributed by atoms with E-state index in [1.165, 1.54) is 7.11 Å². The van der Waals surface area contributed by atoms with Crippen LogP contribution in [0.1, 0.15) is 22.3 Å². The average Bonchev–Trinajstić information content (AvgIpc) is 2.55. The summed E-state index contributed by atoms with van der Waals surface area (Å²) < 4.78 is 5.01. The summed E-state index contributed by atoms with van der Waals surface area (Å²) in [4.78, 5) is 24.0. The van der Waals surface area contributed by atoms with Crippen molar-refractivity contribution >= 4 is 11.6 Å². The van der Waals surface area contributed by atoms with Crippen molar-refractivity contribution in [3.63, 3.8) is 0 Å². The van der Waals surface area contributed by atoms with Crippen molar-refractivity contribution in [1.29, 1.82) is 0 Å². The fourth-order valence-electron chi connectivity index (χ4n) is 2.15. The van der Waals surface area contributed by atoms with Crippen LogP contribution in [0.3, 0.4) is 0 Å². The molecule has 1 atom stereocenters. The third-order valence-electron chi connectivity index (χ3n) is 3.34. The van der Waals surface area contributed by atoms with Gasteiger partial charge in [-0.2, -0.15) is 0 Å². The van der Waals surface area contributed by atoms with Gasteiger partial charge in [0.2, 0.25) is 0 Å². The number of hydrogen-bond donors (Lipinski definition) is 1. The van der Waals surface area contributed by atoms with E-state index in [0.29, 0.717) is 11.3 Å². The molecule has 0 aromatic heterocycles. The predicted octanol–water partition coefficient (Wildman–Crippen LogP) is 2.44. The highest BCUT2D eigenvalue weighted by Crippen LogP contribution is 2.14. The van der Waals surface area contributed by atoms with E-state index < -0.39 is 11.9 Å². The molecule has 0 heterocycles. The van der Waals surface area contributed by atoms with Crippen molar-refractivity contribution in [1.82, 2.24) is 0 Å². The van der Waals surface area contributed by atoms with Crippen LogP contribution in [-0.2, 0) is 11.2 Å². The van der Waals surface area contributed by atoms with Gasteiger partial charge in [0.1, 0.15) is 17.6 Å². The molecule has 0 saturated carbocycles. The summed E-state index contributed by atoms with van der Waals surface area (Å²) in [5.74, 6) is 0.0100. The van der Waals surface area contributed by atoms with Gasteiger partial charge in [0.05, 0.1) is 7.11 Å². The van der Waals surface area contributed by atoms with Gasteiger partial charge in [-0.15, -0.1) is 0 Å². The fraction of sp³-hybridized carbons (Fsp3) is 0.222. The lowest BCUT2D eigenvalue weighted by Gasteiger charge is -2.09. The van der Waals surface area contributed by atoms with Gasteiger partial charge in [0.15, 0.2) is 5.78 Å². The Morgan fingerprint density at radius 1 is 1.05 bits per heavy atom. The van der Waals surface area contributed by atoms with E-state index >= 15 is 0 Å². The number of carbonyl (C=O) groups excluding carboxylic acids is 2. The molecule has 0 aliphatic rings. The Bertz CT molecular complexity index is 632. The number of rotatable bonds is 7. The van der Waals surface area contributed by atoms with Crippen LogP contribution in [0.25, 0.3) is 0 Å². The first-order valence-corrected chi connectivity index (χ1v) is 7.02. The van der Waals surface area contributed by atoms with Gasteiger partial charge in [-0.3, -0.25) is 9.59 Å². The first kappa shape index (κ1) is 15.9. The molecule has 2 aromatic rings. The maximum absolute atomic E-state index is 12.1. The summed E-state index contributed by atoms with van der Waals surface area (Å²) in [6, 6.07) is 15.7. The molecule has 4 nitrogen and oxygen atoms in total. The fourth-order valence-corrected chi connectivity index (χ4v) is 2.15. The lowest BCUT2D eigenvalue weighted by Crippen LogP contribution is -2.24. The molecule has 4 heteroatoms. The number of ketones is 2. The van der Waals surface area contributed by atoms with E-state index in [-0.39, 0.29) is 18.6 Å². The zero-order valence-corrected chi connectivity index (χ0v) is 12.4. The lowest BCUT2D eigenvalue weighted by molar-refractivity contribution is -0.119. The number of carbonyl (C=O) groups is 2. The monoisotopic (exact) mass is 298 g/mol. The van der Waals surface area contributed by atoms with Crippen LogP contribution < -0.4 is 4.74 Å². The minimum Gasteiger partial charge on any atom is -0.497 e. The summed E-state index contributed by atoms with van der Waals surface area (Å²) in [6.45, 7) is 0. The van der Waals surface area contributed by atoms with Crippen LogP contribution in [0.15, 0.2) is 54.6 Å². The minimum atomic E-state index is -1.32. The van der Waals surface area contributed by atoms with E-state index in [0.717, 1.165) is 5.56 Å². The molecule has 0 unspecified atom stereocenters. The standard InChI is InChI=1S/C18H18O4/c1-22-16-9-7-14(8-10-16)18(21)17(20)12-15(19)11-13-5-3-2-4-6-13/h2-10,17,20H,11-12H2,1H3/t17-/m0/s1. The van der Waals surface area contributed by atoms with Gasteiger partial charge in [-0.1, -0.05) is 30.3 Å². The average molecular weight is 298 g/mol. The molecule has 0 fully saturated rings. The van der Waals surface area contributed by atoms with E-state index in [2.05, 4.69) is 0 Å². The van der Waals surface area contributed by atoms with Gasteiger partial charge in [0, 0.05) is 18.4 Å². The SMILES string of the molecule is COc1ccc(C(=O)[C@@H](O)CC(=O)Cc2ccccc2)cc1. The number of ether oxygens (including phenoxy) is 1. The van der Waals surface area contributed by atoms with Crippen LogP contribution >= 0.6 is 0 Å². The first-order chi connectivity index (χ1) is 10.6. The van der Waals surface area contributed by atoms with Gasteiger partial charge < -0.3 is 9.84 Å². The van der Waals surface area contributed by atoms with Crippen LogP contribution in [0.5, 0.6) is 5.75 Å². The summed E-state index contributed by atoms with van der Waals surface area (Å²) in [5.41, 5.74) is 1.23. The Morgan fingerprint density at radius 2 is 1.68 bits per heavy atom. The van der Waals surface area contributed by atoms with E-state index in [1.807, 2.05) is 30.3 Å². The zero-order chi connectivity index (χ0) is 15.9. The van der Waals surface area contributed by atoms with E-state index in [4.69, 9.17) is 4.74 Å². The van der Waals surface area contributed by atoms with Crippen molar-refractivity contribution in [2.45, 2.75) is 18.9 Å². The first-order valence-electron chi connectivity index (χ1n) is 7.02. The number of hydrogen-bond acceptors (Lipinski definition) is 4. The molecule has 2 rings (SSSR count). The maximum Gasteiger partial charge on any atom is 0.191 e. The number of aliphatic hydroxyl groups is 1. The molecule has 0 radical (unpaired) electrons. The van der Waals surface area contributed by atoms with Crippen molar-refractivity contribution in [2.24, 2.45) is 0 Å². The molecular formula is C18H18O4. The summed E-state index contributed by atoms with van der Waals surface area (Å²) in [5, 5.41) is 9.94. The number of aliphatic hydroxyl groups excluding tert-OH is 1. The molecule has 1 N–H and O–H groups in total. The second-order valence-corrected chi connectivity index (χ2v) is 5.01. The summed E-state index contributed by atoms with van der Waals surface area (Å²) in [7, 11) is 1.54. The molecular weight excluding hydrogens is 280 g/mol. The quantitative estimate of drug-likeness (QED) is 0.797. The highest BCUT2D eigenvalue weighted by atomic mass is 16.5. The molecule has 0 spiro atoms. The highest BCUT2D eigenvalue weighted by Gasteiger charge is 2.20. The topological polar surface area (TPSA) is 63.6 Å². The zero-order valence-electron chi connectivity index (χ0n) is 12.4. The van der Waals surface area contributed by atoms with E-state index in [1.54, 1.807) is 24.3 Å². The van der Waals surface area contributed by atoms with Crippen molar-refractivity contribution < 1.29 is 19.4 Å². The van der Waals surface area contributed by atoms with Gasteiger partial charge in [-0.25, -0.2) is 0 Å². The lowest BCUT2D eigenvalue weighted by atomic mass is 9.99. The molecule has 0 bridgehead atoms. The smallest absolute Gasteiger partial charge is 0.191 e. The Balaban J connectivity index is 1.94. The number of Topliss-reactive ketones (excluding diaryl/α,β-unsaturated/α-hetero) is 2. The Morgan fingerprint density at radius 3 is 2.27 bits per heavy atom. The van der Waals surface area contributed by atoms with E-state index in [9.17, 15) is 14.7 Å². The van der Waals surface area contributed by atoms with Crippen LogP contribution in [-0.4, -0.2) is 29.9 Å². The third kappa shape index (κ3) is 4.27. The molecule has 0 aliphatic carbocycles. The largest absolute Gasteiger partial charge is 0.497 e. The minimum absolute atomic E-state index is 0.166. The third-order valence-corrected chi connectivity index (χ3v) is 3.34. The molecule has 0 amide bonds. The van der Waals surface area contributed by atoms with Crippen molar-refractivity contribution in [3.05, 3.63) is 65.7 Å². The molecule has 114 valence electrons. The second kappa shape index (κ2) is 7.52. The summed E-state index contributed by atoms with van der Waals surface area (Å²) in [6.07, 6.45) is -1.28. The Hall–Kier alpha value is -2.46. The van der Waals surface area contributed by atoms with Crippen molar-refractivity contribution in [3.8, 4) is 5.75 Å². The Kier molecular flexibility index (Phi) is 5.44. The molecule has 0 saturated heterocycles. The molecule has 0 aliphatic heterocycles. The van der Waals surface area contributed by atoms with Crippen molar-refractivity contribution in [2.75, 3.05) is 7.11 Å². The van der Waals surface area contributed by atoms with Crippen LogP contribution in [0.2, 0.25) is 0 Å². The second-order valence-electron chi connectivity index (χ2n) is 5.01. The Labute approximate surface area is 129 Å².